The second-order valence-electron chi connectivity index (χ2n) is 4.06. The predicted molar refractivity (Wildman–Crippen MR) is 82.8 cm³/mol. The fourth-order valence-electron chi connectivity index (χ4n) is 1.30. The minimum atomic E-state index is -1.09. The summed E-state index contributed by atoms with van der Waals surface area (Å²) in [5, 5.41) is 12.0. The van der Waals surface area contributed by atoms with E-state index in [1.807, 2.05) is 0 Å². The Morgan fingerprint density at radius 3 is 2.70 bits per heavy atom. The number of rotatable bonds is 6. The summed E-state index contributed by atoms with van der Waals surface area (Å²) in [4.78, 5) is 22.3. The molecule has 1 atom stereocenters. The number of carbonyl (C=O) groups is 2. The zero-order valence-corrected chi connectivity index (χ0v) is 13.0. The first-order chi connectivity index (χ1) is 9.32. The molecule has 0 unspecified atom stereocenters. The van der Waals surface area contributed by atoms with Crippen molar-refractivity contribution in [2.45, 2.75) is 13.0 Å². The lowest BCUT2D eigenvalue weighted by Gasteiger charge is -2.11. The van der Waals surface area contributed by atoms with Crippen molar-refractivity contribution in [1.29, 1.82) is 0 Å². The topological polar surface area (TPSA) is 92.4 Å². The zero-order valence-electron chi connectivity index (χ0n) is 10.7. The molecule has 0 heterocycles. The quantitative estimate of drug-likeness (QED) is 0.741. The maximum atomic E-state index is 11.7. The van der Waals surface area contributed by atoms with Gasteiger partial charge in [-0.05, 0) is 18.6 Å². The van der Waals surface area contributed by atoms with Crippen molar-refractivity contribution in [3.8, 4) is 0 Å². The van der Waals surface area contributed by atoms with Gasteiger partial charge in [0.25, 0.3) is 0 Å². The molecule has 0 aliphatic rings. The van der Waals surface area contributed by atoms with Crippen LogP contribution in [0.4, 0.5) is 5.69 Å². The lowest BCUT2D eigenvalue weighted by molar-refractivity contribution is -0.137. The van der Waals surface area contributed by atoms with Gasteiger partial charge in [-0.2, -0.15) is 0 Å². The summed E-state index contributed by atoms with van der Waals surface area (Å²) in [6, 6.07) is 2.41. The number of nitrogens with one attached hydrogen (secondary N) is 1. The van der Waals surface area contributed by atoms with E-state index in [4.69, 9.17) is 34.0 Å². The van der Waals surface area contributed by atoms with Gasteiger partial charge in [0.05, 0.1) is 21.5 Å². The fourth-order valence-corrected chi connectivity index (χ4v) is 2.53. The lowest BCUT2D eigenvalue weighted by atomic mass is 10.2. The van der Waals surface area contributed by atoms with E-state index in [1.54, 1.807) is 19.1 Å². The van der Waals surface area contributed by atoms with Crippen LogP contribution in [0.25, 0.3) is 0 Å². The maximum absolute atomic E-state index is 11.7. The molecule has 0 saturated carbocycles. The monoisotopic (exact) mass is 336 g/mol. The summed E-state index contributed by atoms with van der Waals surface area (Å²) in [5.74, 6) is -1.19. The van der Waals surface area contributed by atoms with E-state index in [0.717, 1.165) is 17.3 Å². The highest BCUT2D eigenvalue weighted by Gasteiger charge is 2.14. The Morgan fingerprint density at radius 1 is 1.45 bits per heavy atom. The van der Waals surface area contributed by atoms with Gasteiger partial charge >= 0.3 is 5.97 Å². The molecule has 0 aromatic heterocycles. The zero-order chi connectivity index (χ0) is 15.3. The molecule has 5 nitrogen and oxygen atoms in total. The van der Waals surface area contributed by atoms with Gasteiger partial charge in [0.15, 0.2) is 0 Å². The average Bonchev–Trinajstić information content (AvgIpc) is 2.39. The van der Waals surface area contributed by atoms with Gasteiger partial charge in [-0.3, -0.25) is 9.59 Å². The van der Waals surface area contributed by atoms with Crippen molar-refractivity contribution < 1.29 is 14.7 Å². The van der Waals surface area contributed by atoms with E-state index < -0.39 is 12.0 Å². The van der Waals surface area contributed by atoms with E-state index in [1.165, 1.54) is 0 Å². The molecule has 0 radical (unpaired) electrons. The van der Waals surface area contributed by atoms with Crippen LogP contribution in [0.2, 0.25) is 10.0 Å². The van der Waals surface area contributed by atoms with Crippen LogP contribution >= 0.6 is 35.0 Å². The van der Waals surface area contributed by atoms with Crippen molar-refractivity contribution in [3.05, 3.63) is 27.7 Å². The van der Waals surface area contributed by atoms with Gasteiger partial charge in [0.1, 0.15) is 6.04 Å². The van der Waals surface area contributed by atoms with Gasteiger partial charge in [-0.1, -0.05) is 29.3 Å². The molecular formula is C12H14Cl2N2O3S. The van der Waals surface area contributed by atoms with Crippen LogP contribution in [0.5, 0.6) is 0 Å². The minimum Gasteiger partial charge on any atom is -0.480 e. The molecule has 0 saturated heterocycles. The molecule has 0 bridgehead atoms. The summed E-state index contributed by atoms with van der Waals surface area (Å²) < 4.78 is 0. The van der Waals surface area contributed by atoms with Crippen LogP contribution in [-0.2, 0) is 9.59 Å². The number of hydrogen-bond donors (Lipinski definition) is 3. The van der Waals surface area contributed by atoms with Crippen LogP contribution in [0, 0.1) is 6.92 Å². The van der Waals surface area contributed by atoms with E-state index in [-0.39, 0.29) is 17.4 Å². The van der Waals surface area contributed by atoms with Gasteiger partial charge in [0.2, 0.25) is 5.91 Å². The number of halogens is 2. The van der Waals surface area contributed by atoms with Gasteiger partial charge in [0, 0.05) is 5.75 Å². The third kappa shape index (κ3) is 4.86. The van der Waals surface area contributed by atoms with Crippen molar-refractivity contribution in [3.63, 3.8) is 0 Å². The van der Waals surface area contributed by atoms with E-state index in [2.05, 4.69) is 5.32 Å². The Hall–Kier alpha value is -0.950. The number of benzene rings is 1. The van der Waals surface area contributed by atoms with Crippen molar-refractivity contribution in [2.24, 2.45) is 5.73 Å². The third-order valence-corrected chi connectivity index (χ3v) is 4.26. The SMILES string of the molecule is Cc1ccc(Cl)c(NC(=O)CSC[C@@H](N)C(=O)O)c1Cl. The Kier molecular flexibility index (Phi) is 6.61. The minimum absolute atomic E-state index is 0.0710. The molecule has 0 aliphatic heterocycles. The molecule has 0 fully saturated rings. The molecule has 0 spiro atoms. The number of hydrogen-bond acceptors (Lipinski definition) is 4. The Bertz CT molecular complexity index is 526. The molecule has 8 heteroatoms. The van der Waals surface area contributed by atoms with Crippen LogP contribution < -0.4 is 11.1 Å². The lowest BCUT2D eigenvalue weighted by Crippen LogP contribution is -2.33. The molecule has 1 aromatic carbocycles. The number of aliphatic carboxylic acids is 1. The molecule has 1 aromatic rings. The van der Waals surface area contributed by atoms with Crippen LogP contribution in [0.3, 0.4) is 0 Å². The number of anilines is 1. The third-order valence-electron chi connectivity index (χ3n) is 2.40. The highest BCUT2D eigenvalue weighted by Crippen LogP contribution is 2.32. The summed E-state index contributed by atoms with van der Waals surface area (Å²) in [6.07, 6.45) is 0. The average molecular weight is 337 g/mol. The van der Waals surface area contributed by atoms with Gasteiger partial charge in [-0.15, -0.1) is 11.8 Å². The maximum Gasteiger partial charge on any atom is 0.321 e. The number of amides is 1. The van der Waals surface area contributed by atoms with Crippen LogP contribution in [-0.4, -0.2) is 34.5 Å². The summed E-state index contributed by atoms with van der Waals surface area (Å²) in [5.41, 5.74) is 6.49. The van der Waals surface area contributed by atoms with E-state index in [0.29, 0.717) is 15.7 Å². The summed E-state index contributed by atoms with van der Waals surface area (Å²) in [7, 11) is 0. The van der Waals surface area contributed by atoms with Gasteiger partial charge in [-0.25, -0.2) is 0 Å². The largest absolute Gasteiger partial charge is 0.480 e. The number of nitrogens with two attached hydrogens (primary N) is 1. The fraction of sp³-hybridized carbons (Fsp3) is 0.333. The number of aryl methyl sites for hydroxylation is 1. The Morgan fingerprint density at radius 2 is 2.10 bits per heavy atom. The normalized spacial score (nSPS) is 12.0. The summed E-state index contributed by atoms with van der Waals surface area (Å²) in [6.45, 7) is 1.80. The smallest absolute Gasteiger partial charge is 0.321 e. The van der Waals surface area contributed by atoms with Gasteiger partial charge < -0.3 is 16.2 Å². The first-order valence-electron chi connectivity index (χ1n) is 5.63. The number of carbonyl (C=O) groups excluding carboxylic acids is 1. The highest BCUT2D eigenvalue weighted by atomic mass is 35.5. The van der Waals surface area contributed by atoms with Crippen molar-refractivity contribution in [1.82, 2.24) is 0 Å². The molecular weight excluding hydrogens is 323 g/mol. The first-order valence-corrected chi connectivity index (χ1v) is 7.54. The molecule has 0 aliphatic carbocycles. The highest BCUT2D eigenvalue weighted by molar-refractivity contribution is 8.00. The predicted octanol–water partition coefficient (Wildman–Crippen LogP) is 2.39. The second-order valence-corrected chi connectivity index (χ2v) is 5.88. The van der Waals surface area contributed by atoms with E-state index in [9.17, 15) is 9.59 Å². The van der Waals surface area contributed by atoms with Crippen molar-refractivity contribution >= 4 is 52.5 Å². The van der Waals surface area contributed by atoms with E-state index >= 15 is 0 Å². The molecule has 20 heavy (non-hydrogen) atoms. The first kappa shape index (κ1) is 17.1. The Balaban J connectivity index is 2.55. The number of carboxylic acids is 1. The Labute approximate surface area is 130 Å². The molecule has 1 amide bonds. The number of thioether (sulfide) groups is 1. The molecule has 110 valence electrons. The molecule has 4 N–H and O–H groups in total. The molecule has 1 rings (SSSR count). The van der Waals surface area contributed by atoms with Crippen LogP contribution in [0.15, 0.2) is 12.1 Å². The second kappa shape index (κ2) is 7.73. The number of carboxylic acid groups (broad SMARTS) is 1. The summed E-state index contributed by atoms with van der Waals surface area (Å²) >= 11 is 13.2. The van der Waals surface area contributed by atoms with Crippen molar-refractivity contribution in [2.75, 3.05) is 16.8 Å². The standard InChI is InChI=1S/C12H14Cl2N2O3S/c1-6-2-3-7(13)11(10(6)14)16-9(17)5-20-4-8(15)12(18)19/h2-3,8H,4-5,15H2,1H3,(H,16,17)(H,18,19)/t8-/m1/s1. The van der Waals surface area contributed by atoms with Crippen LogP contribution in [0.1, 0.15) is 5.56 Å².